The quantitative estimate of drug-likeness (QED) is 0.781. The lowest BCUT2D eigenvalue weighted by atomic mass is 9.83. The van der Waals surface area contributed by atoms with Crippen LogP contribution in [0.5, 0.6) is 0 Å². The molecule has 2 rings (SSSR count). The van der Waals surface area contributed by atoms with E-state index in [0.717, 1.165) is 32.1 Å². The van der Waals surface area contributed by atoms with Gasteiger partial charge in [0.2, 0.25) is 0 Å². The Labute approximate surface area is 108 Å². The molecule has 2 bridgehead atoms. The van der Waals surface area contributed by atoms with E-state index < -0.39 is 5.60 Å². The minimum Gasteiger partial charge on any atom is -0.444 e. The van der Waals surface area contributed by atoms with Crippen LogP contribution in [-0.2, 0) is 9.94 Å². The molecule has 2 aliphatic heterocycles. The summed E-state index contributed by atoms with van der Waals surface area (Å²) in [7, 11) is 0. The van der Waals surface area contributed by atoms with Crippen molar-refractivity contribution in [2.24, 2.45) is 0 Å². The van der Waals surface area contributed by atoms with Gasteiger partial charge in [0.05, 0.1) is 0 Å². The maximum atomic E-state index is 11.8. The fraction of sp³-hybridized carbons (Fsp3) is 0.923. The van der Waals surface area contributed by atoms with Crippen molar-refractivity contribution in [3.05, 3.63) is 0 Å². The zero-order valence-corrected chi connectivity index (χ0v) is 11.4. The molecule has 0 saturated carbocycles. The van der Waals surface area contributed by atoms with Gasteiger partial charge in [0.15, 0.2) is 0 Å². The molecule has 0 aliphatic carbocycles. The van der Waals surface area contributed by atoms with Gasteiger partial charge in [0, 0.05) is 18.1 Å². The number of alkyl carbamates (subject to hydrolysis) is 1. The van der Waals surface area contributed by atoms with Gasteiger partial charge in [-0.2, -0.15) is 0 Å². The Hall–Kier alpha value is -0.810. The van der Waals surface area contributed by atoms with Crippen LogP contribution in [0, 0.1) is 0 Å². The molecular weight excluding hydrogens is 232 g/mol. The summed E-state index contributed by atoms with van der Waals surface area (Å²) in [5.41, 5.74) is -0.473. The Morgan fingerprint density at radius 2 is 1.78 bits per heavy atom. The third-order valence-corrected chi connectivity index (χ3v) is 3.63. The van der Waals surface area contributed by atoms with E-state index in [2.05, 4.69) is 5.32 Å². The van der Waals surface area contributed by atoms with Gasteiger partial charge in [0.1, 0.15) is 5.60 Å². The molecule has 2 aliphatic rings. The van der Waals surface area contributed by atoms with Crippen LogP contribution >= 0.6 is 0 Å². The Bertz CT molecular complexity index is 300. The molecular formula is C13H23N2O3. The molecule has 1 N–H and O–H groups in total. The first-order valence-corrected chi connectivity index (χ1v) is 6.80. The van der Waals surface area contributed by atoms with Gasteiger partial charge in [-0.25, -0.2) is 4.79 Å². The Balaban J connectivity index is 1.86. The molecule has 2 fully saturated rings. The Morgan fingerprint density at radius 3 is 2.28 bits per heavy atom. The van der Waals surface area contributed by atoms with E-state index in [1.165, 1.54) is 5.06 Å². The topological polar surface area (TPSA) is 61.5 Å². The lowest BCUT2D eigenvalue weighted by Gasteiger charge is -2.43. The van der Waals surface area contributed by atoms with Crippen molar-refractivity contribution in [1.29, 1.82) is 0 Å². The number of hydroxylamine groups is 2. The molecule has 2 heterocycles. The summed E-state index contributed by atoms with van der Waals surface area (Å²) in [5, 5.41) is 16.0. The number of rotatable bonds is 1. The maximum Gasteiger partial charge on any atom is 0.407 e. The van der Waals surface area contributed by atoms with Gasteiger partial charge in [-0.05, 0) is 46.5 Å². The number of carbonyl (C=O) groups excluding carboxylic acids is 1. The average Bonchev–Trinajstić information content (AvgIpc) is 2.16. The summed E-state index contributed by atoms with van der Waals surface area (Å²) in [6, 6.07) is 0.246. The third-order valence-electron chi connectivity index (χ3n) is 3.63. The molecule has 5 nitrogen and oxygen atoms in total. The SMILES string of the molecule is CC(C)(C)OC(=O)NC1C[C@H]2CCC[C@@H](C1)N2[O]. The van der Waals surface area contributed by atoms with E-state index in [-0.39, 0.29) is 24.2 Å². The Morgan fingerprint density at radius 1 is 1.22 bits per heavy atom. The normalized spacial score (nSPS) is 33.0. The van der Waals surface area contributed by atoms with Crippen LogP contribution in [0.15, 0.2) is 0 Å². The largest absolute Gasteiger partial charge is 0.444 e. The molecule has 1 radical (unpaired) electrons. The smallest absolute Gasteiger partial charge is 0.407 e. The van der Waals surface area contributed by atoms with Crippen LogP contribution in [-0.4, -0.2) is 34.9 Å². The first-order chi connectivity index (χ1) is 8.35. The summed E-state index contributed by atoms with van der Waals surface area (Å²) in [5.74, 6) is 0. The van der Waals surface area contributed by atoms with Crippen LogP contribution in [0.25, 0.3) is 0 Å². The second kappa shape index (κ2) is 5.05. The molecule has 0 aromatic carbocycles. The summed E-state index contributed by atoms with van der Waals surface area (Å²) in [6.07, 6.45) is 4.16. The van der Waals surface area contributed by atoms with E-state index in [9.17, 15) is 10.0 Å². The van der Waals surface area contributed by atoms with Crippen molar-refractivity contribution in [3.8, 4) is 0 Å². The second-order valence-corrected chi connectivity index (χ2v) is 6.41. The summed E-state index contributed by atoms with van der Waals surface area (Å²) < 4.78 is 5.25. The molecule has 0 aromatic rings. The molecule has 2 saturated heterocycles. The van der Waals surface area contributed by atoms with Gasteiger partial charge in [-0.15, -0.1) is 10.3 Å². The van der Waals surface area contributed by atoms with E-state index in [4.69, 9.17) is 4.74 Å². The van der Waals surface area contributed by atoms with Crippen molar-refractivity contribution >= 4 is 6.09 Å². The van der Waals surface area contributed by atoms with Crippen LogP contribution in [0.3, 0.4) is 0 Å². The molecule has 1 unspecified atom stereocenters. The highest BCUT2D eigenvalue weighted by Crippen LogP contribution is 2.32. The molecule has 5 heteroatoms. The predicted molar refractivity (Wildman–Crippen MR) is 66.3 cm³/mol. The number of hydrogen-bond donors (Lipinski definition) is 1. The number of nitrogens with zero attached hydrogens (tertiary/aromatic N) is 1. The molecule has 3 atom stereocenters. The Kier molecular flexibility index (Phi) is 3.82. The number of piperidine rings is 2. The van der Waals surface area contributed by atoms with Gasteiger partial charge < -0.3 is 10.1 Å². The van der Waals surface area contributed by atoms with E-state index >= 15 is 0 Å². The van der Waals surface area contributed by atoms with Gasteiger partial charge in [-0.1, -0.05) is 6.42 Å². The van der Waals surface area contributed by atoms with Gasteiger partial charge in [0.25, 0.3) is 0 Å². The highest BCUT2D eigenvalue weighted by atomic mass is 16.6. The monoisotopic (exact) mass is 255 g/mol. The number of ether oxygens (including phenoxy) is 1. The van der Waals surface area contributed by atoms with Crippen molar-refractivity contribution in [3.63, 3.8) is 0 Å². The highest BCUT2D eigenvalue weighted by molar-refractivity contribution is 5.68. The van der Waals surface area contributed by atoms with E-state index in [1.54, 1.807) is 0 Å². The molecule has 103 valence electrons. The van der Waals surface area contributed by atoms with Crippen LogP contribution in [0.4, 0.5) is 4.79 Å². The van der Waals surface area contributed by atoms with Crippen molar-refractivity contribution in [2.45, 2.75) is 76.6 Å². The highest BCUT2D eigenvalue weighted by Gasteiger charge is 2.39. The lowest BCUT2D eigenvalue weighted by molar-refractivity contribution is -0.246. The molecule has 0 spiro atoms. The minimum atomic E-state index is -0.473. The molecule has 18 heavy (non-hydrogen) atoms. The summed E-state index contributed by atoms with van der Waals surface area (Å²) in [6.45, 7) is 5.55. The van der Waals surface area contributed by atoms with E-state index in [0.29, 0.717) is 0 Å². The zero-order chi connectivity index (χ0) is 13.3. The standard InChI is InChI=1S/C13H23N2O3/c1-13(2,3)18-12(16)14-9-7-10-5-4-6-11(8-9)15(10)17/h9-11H,4-8H2,1-3H3,(H,14,16)/t9?,10-,11+. The zero-order valence-electron chi connectivity index (χ0n) is 11.4. The van der Waals surface area contributed by atoms with E-state index in [1.807, 2.05) is 20.8 Å². The predicted octanol–water partition coefficient (Wildman–Crippen LogP) is 2.24. The second-order valence-electron chi connectivity index (χ2n) is 6.41. The van der Waals surface area contributed by atoms with Crippen LogP contribution in [0.2, 0.25) is 0 Å². The first-order valence-electron chi connectivity index (χ1n) is 6.80. The summed E-state index contributed by atoms with van der Waals surface area (Å²) in [4.78, 5) is 11.7. The number of nitrogens with one attached hydrogen (secondary N) is 1. The summed E-state index contributed by atoms with van der Waals surface area (Å²) >= 11 is 0. The van der Waals surface area contributed by atoms with Crippen LogP contribution in [0.1, 0.15) is 52.9 Å². The first kappa shape index (κ1) is 13.6. The van der Waals surface area contributed by atoms with Crippen molar-refractivity contribution in [1.82, 2.24) is 10.4 Å². The minimum absolute atomic E-state index is 0.0810. The average molecular weight is 255 g/mol. The maximum absolute atomic E-state index is 11.8. The lowest BCUT2D eigenvalue weighted by Crippen LogP contribution is -2.55. The van der Waals surface area contributed by atoms with Crippen molar-refractivity contribution < 1.29 is 14.7 Å². The van der Waals surface area contributed by atoms with Crippen LogP contribution < -0.4 is 5.32 Å². The number of amides is 1. The number of hydrogen-bond acceptors (Lipinski definition) is 3. The number of carbonyl (C=O) groups is 1. The molecule has 0 aromatic heterocycles. The number of fused-ring (bicyclic) bond motifs is 2. The molecule has 1 amide bonds. The fourth-order valence-electron chi connectivity index (χ4n) is 2.93. The van der Waals surface area contributed by atoms with Gasteiger partial charge in [-0.3, -0.25) is 0 Å². The van der Waals surface area contributed by atoms with Gasteiger partial charge >= 0.3 is 6.09 Å². The third kappa shape index (κ3) is 3.36. The fourth-order valence-corrected chi connectivity index (χ4v) is 2.93. The van der Waals surface area contributed by atoms with Crippen molar-refractivity contribution in [2.75, 3.05) is 0 Å².